The zero-order chi connectivity index (χ0) is 26.7. The zero-order valence-corrected chi connectivity index (χ0v) is 21.1. The van der Waals surface area contributed by atoms with Crippen molar-refractivity contribution in [1.29, 1.82) is 0 Å². The van der Waals surface area contributed by atoms with E-state index in [9.17, 15) is 23.1 Å². The van der Waals surface area contributed by atoms with Crippen LogP contribution in [0.4, 0.5) is 24.9 Å². The minimum atomic E-state index is -4.32. The van der Waals surface area contributed by atoms with Gasteiger partial charge in [-0.3, -0.25) is 0 Å². The minimum Gasteiger partial charge on any atom is -0.478 e. The molecule has 2 heterocycles. The molecule has 2 N–H and O–H groups in total. The van der Waals surface area contributed by atoms with Crippen molar-refractivity contribution in [3.63, 3.8) is 0 Å². The third-order valence-corrected chi connectivity index (χ3v) is 7.83. The molecule has 0 radical (unpaired) electrons. The Balaban J connectivity index is 1.22. The molecule has 0 spiro atoms. The number of piperidine rings is 1. The van der Waals surface area contributed by atoms with Gasteiger partial charge in [0.25, 0.3) is 6.01 Å². The number of rotatable bonds is 7. The molecule has 1 aliphatic carbocycles. The molecule has 1 aromatic heterocycles. The summed E-state index contributed by atoms with van der Waals surface area (Å²) >= 11 is 0. The highest BCUT2D eigenvalue weighted by atomic mass is 19.4. The van der Waals surface area contributed by atoms with Gasteiger partial charge in [-0.05, 0) is 80.3 Å². The number of carboxylic acids is 1. The second kappa shape index (κ2) is 11.1. The molecule has 1 aliphatic heterocycles. The Labute approximate surface area is 219 Å². The number of alkyl halides is 3. The number of aromatic carboxylic acids is 1. The van der Waals surface area contributed by atoms with Crippen LogP contribution in [0.2, 0.25) is 0 Å². The van der Waals surface area contributed by atoms with E-state index in [0.29, 0.717) is 29.2 Å². The standard InChI is InChI=1S/C29H32F3N3O3/c30-29(31,32)23-10-12-24(13-11-23)35-14-4-5-19(18-35)15-20-6-1-2-9-25(20)34-28-33-17-26(38-28)21-7-3-8-22(16-21)27(36)37/h3,7-8,10-13,16-17,19-20,25H,1-2,4-6,9,14-15,18H2,(H,33,34)(H,36,37)/t19-,20+,25-/m1/s1. The lowest BCUT2D eigenvalue weighted by Gasteiger charge is -2.39. The van der Waals surface area contributed by atoms with Gasteiger partial charge in [0.05, 0.1) is 17.3 Å². The molecule has 0 amide bonds. The molecule has 38 heavy (non-hydrogen) atoms. The molecule has 9 heteroatoms. The van der Waals surface area contributed by atoms with Gasteiger partial charge in [-0.25, -0.2) is 9.78 Å². The first-order valence-corrected chi connectivity index (χ1v) is 13.2. The van der Waals surface area contributed by atoms with Crippen LogP contribution in [0.25, 0.3) is 11.3 Å². The van der Waals surface area contributed by atoms with Crippen LogP contribution >= 0.6 is 0 Å². The zero-order valence-electron chi connectivity index (χ0n) is 21.1. The van der Waals surface area contributed by atoms with Crippen molar-refractivity contribution in [2.24, 2.45) is 11.8 Å². The molecule has 202 valence electrons. The molecule has 0 unspecified atom stereocenters. The van der Waals surface area contributed by atoms with E-state index in [2.05, 4.69) is 15.2 Å². The Morgan fingerprint density at radius 1 is 1.08 bits per heavy atom. The van der Waals surface area contributed by atoms with Crippen molar-refractivity contribution in [1.82, 2.24) is 4.98 Å². The minimum absolute atomic E-state index is 0.193. The van der Waals surface area contributed by atoms with Crippen molar-refractivity contribution in [2.75, 3.05) is 23.3 Å². The maximum Gasteiger partial charge on any atom is 0.416 e. The summed E-state index contributed by atoms with van der Waals surface area (Å²) in [4.78, 5) is 17.9. The monoisotopic (exact) mass is 527 g/mol. The molecule has 6 nitrogen and oxygen atoms in total. The van der Waals surface area contributed by atoms with Gasteiger partial charge in [-0.2, -0.15) is 13.2 Å². The summed E-state index contributed by atoms with van der Waals surface area (Å²) < 4.78 is 44.8. The van der Waals surface area contributed by atoms with E-state index < -0.39 is 17.7 Å². The van der Waals surface area contributed by atoms with E-state index in [-0.39, 0.29) is 11.6 Å². The molecule has 2 aromatic carbocycles. The van der Waals surface area contributed by atoms with Gasteiger partial charge in [0, 0.05) is 30.4 Å². The first-order chi connectivity index (χ1) is 18.3. The lowest BCUT2D eigenvalue weighted by Crippen LogP contribution is -2.39. The van der Waals surface area contributed by atoms with Crippen LogP contribution in [0.5, 0.6) is 0 Å². The van der Waals surface area contributed by atoms with Gasteiger partial charge < -0.3 is 19.7 Å². The van der Waals surface area contributed by atoms with Gasteiger partial charge in [0.1, 0.15) is 0 Å². The maximum absolute atomic E-state index is 13.0. The number of oxazole rings is 1. The number of nitrogens with zero attached hydrogens (tertiary/aromatic N) is 2. The van der Waals surface area contributed by atoms with Crippen LogP contribution in [-0.2, 0) is 6.18 Å². The van der Waals surface area contributed by atoms with Crippen molar-refractivity contribution >= 4 is 17.7 Å². The van der Waals surface area contributed by atoms with E-state index in [4.69, 9.17) is 4.42 Å². The van der Waals surface area contributed by atoms with Gasteiger partial charge in [-0.1, -0.05) is 25.0 Å². The van der Waals surface area contributed by atoms with Gasteiger partial charge >= 0.3 is 12.1 Å². The Hall–Kier alpha value is -3.49. The van der Waals surface area contributed by atoms with Crippen LogP contribution in [-0.4, -0.2) is 35.2 Å². The SMILES string of the molecule is O=C(O)c1cccc(-c2cnc(N[C@@H]3CCCC[C@H]3C[C@H]3CCCN(c4ccc(C(F)(F)F)cc4)C3)o2)c1. The molecule has 5 rings (SSSR count). The lowest BCUT2D eigenvalue weighted by molar-refractivity contribution is -0.137. The molecule has 0 bridgehead atoms. The van der Waals surface area contributed by atoms with Gasteiger partial charge in [-0.15, -0.1) is 0 Å². The van der Waals surface area contributed by atoms with Crippen LogP contribution < -0.4 is 10.2 Å². The number of nitrogens with one attached hydrogen (secondary N) is 1. The quantitative estimate of drug-likeness (QED) is 0.335. The number of halogens is 3. The molecule has 2 aliphatic rings. The van der Waals surface area contributed by atoms with Crippen molar-refractivity contribution in [2.45, 2.75) is 57.2 Å². The molecule has 3 aromatic rings. The molecule has 1 saturated carbocycles. The molecular formula is C29H32F3N3O3. The predicted molar refractivity (Wildman–Crippen MR) is 139 cm³/mol. The first-order valence-electron chi connectivity index (χ1n) is 13.2. The highest BCUT2D eigenvalue weighted by molar-refractivity contribution is 5.89. The van der Waals surface area contributed by atoms with Crippen LogP contribution in [0, 0.1) is 11.8 Å². The number of hydrogen-bond donors (Lipinski definition) is 2. The predicted octanol–water partition coefficient (Wildman–Crippen LogP) is 7.34. The van der Waals surface area contributed by atoms with Gasteiger partial charge in [0.15, 0.2) is 5.76 Å². The summed E-state index contributed by atoms with van der Waals surface area (Å²) in [6.45, 7) is 1.70. The van der Waals surface area contributed by atoms with Crippen LogP contribution in [0.15, 0.2) is 59.1 Å². The summed E-state index contributed by atoms with van der Waals surface area (Å²) in [5.74, 6) is 0.445. The highest BCUT2D eigenvalue weighted by Gasteiger charge is 2.32. The first kappa shape index (κ1) is 26.1. The van der Waals surface area contributed by atoms with E-state index in [1.165, 1.54) is 24.6 Å². The Morgan fingerprint density at radius 2 is 1.87 bits per heavy atom. The number of hydrogen-bond acceptors (Lipinski definition) is 5. The normalized spacial score (nSPS) is 22.3. The number of aromatic nitrogens is 1. The summed E-state index contributed by atoms with van der Waals surface area (Å²) in [5.41, 5.74) is 1.09. The smallest absolute Gasteiger partial charge is 0.416 e. The highest BCUT2D eigenvalue weighted by Crippen LogP contribution is 2.36. The van der Waals surface area contributed by atoms with E-state index in [1.54, 1.807) is 36.5 Å². The van der Waals surface area contributed by atoms with Crippen molar-refractivity contribution < 1.29 is 27.5 Å². The maximum atomic E-state index is 13.0. The average molecular weight is 528 g/mol. The van der Waals surface area contributed by atoms with Crippen molar-refractivity contribution in [3.8, 4) is 11.3 Å². The van der Waals surface area contributed by atoms with Crippen LogP contribution in [0.1, 0.15) is 60.9 Å². The molecular weight excluding hydrogens is 495 g/mol. The van der Waals surface area contributed by atoms with E-state index in [1.807, 2.05) is 0 Å². The summed E-state index contributed by atoms with van der Waals surface area (Å²) in [6.07, 6.45) is 4.92. The lowest BCUT2D eigenvalue weighted by atomic mass is 9.77. The van der Waals surface area contributed by atoms with E-state index in [0.717, 1.165) is 57.3 Å². The second-order valence-corrected chi connectivity index (χ2v) is 10.4. The average Bonchev–Trinajstić information content (AvgIpc) is 3.38. The largest absolute Gasteiger partial charge is 0.478 e. The van der Waals surface area contributed by atoms with Gasteiger partial charge in [0.2, 0.25) is 0 Å². The topological polar surface area (TPSA) is 78.6 Å². The molecule has 1 saturated heterocycles. The second-order valence-electron chi connectivity index (χ2n) is 10.4. The fraction of sp³-hybridized carbons (Fsp3) is 0.448. The summed E-state index contributed by atoms with van der Waals surface area (Å²) in [7, 11) is 0. The summed E-state index contributed by atoms with van der Waals surface area (Å²) in [5, 5.41) is 12.8. The van der Waals surface area contributed by atoms with Crippen molar-refractivity contribution in [3.05, 3.63) is 65.9 Å². The van der Waals surface area contributed by atoms with Crippen LogP contribution in [0.3, 0.4) is 0 Å². The third kappa shape index (κ3) is 6.14. The number of carbonyl (C=O) groups is 1. The Morgan fingerprint density at radius 3 is 2.63 bits per heavy atom. The van der Waals surface area contributed by atoms with E-state index >= 15 is 0 Å². The fourth-order valence-electron chi connectivity index (χ4n) is 5.90. The Bertz CT molecular complexity index is 1240. The molecule has 2 fully saturated rings. The number of anilines is 2. The Kier molecular flexibility index (Phi) is 7.63. The summed E-state index contributed by atoms with van der Waals surface area (Å²) in [6, 6.07) is 12.8. The number of benzene rings is 2. The number of carboxylic acid groups (broad SMARTS) is 1. The molecule has 3 atom stereocenters. The fourth-order valence-corrected chi connectivity index (χ4v) is 5.90. The third-order valence-electron chi connectivity index (χ3n) is 7.83.